The second kappa shape index (κ2) is 4.39. The van der Waals surface area contributed by atoms with E-state index in [0.717, 1.165) is 6.42 Å². The maximum Gasteiger partial charge on any atom is 0.225 e. The maximum atomic E-state index is 12.1. The highest BCUT2D eigenvalue weighted by Gasteiger charge is 2.50. The van der Waals surface area contributed by atoms with Crippen LogP contribution in [0.15, 0.2) is 30.3 Å². The molecule has 0 radical (unpaired) electrons. The summed E-state index contributed by atoms with van der Waals surface area (Å²) in [5.41, 5.74) is 1.17. The van der Waals surface area contributed by atoms with E-state index in [1.165, 1.54) is 5.56 Å². The van der Waals surface area contributed by atoms with Crippen LogP contribution in [0.2, 0.25) is 0 Å². The Hall–Kier alpha value is -1.35. The van der Waals surface area contributed by atoms with Crippen LogP contribution in [-0.2, 0) is 9.53 Å². The summed E-state index contributed by atoms with van der Waals surface area (Å²) in [4.78, 5) is 14.0. The van der Waals surface area contributed by atoms with Gasteiger partial charge < -0.3 is 9.64 Å². The normalized spacial score (nSPS) is 35.0. The Kier molecular flexibility index (Phi) is 2.86. The van der Waals surface area contributed by atoms with Crippen LogP contribution in [0.3, 0.4) is 0 Å². The number of nitrogens with zero attached hydrogens (tertiary/aromatic N) is 1. The molecular weight excluding hydrogens is 226 g/mol. The molecule has 0 bridgehead atoms. The largest absolute Gasteiger partial charge is 0.348 e. The van der Waals surface area contributed by atoms with Crippen molar-refractivity contribution >= 4 is 5.91 Å². The van der Waals surface area contributed by atoms with Gasteiger partial charge in [0.05, 0.1) is 6.04 Å². The number of carbonyl (C=O) groups excluding carboxylic acids is 1. The van der Waals surface area contributed by atoms with E-state index in [4.69, 9.17) is 4.74 Å². The molecule has 3 heteroatoms. The van der Waals surface area contributed by atoms with E-state index in [1.54, 1.807) is 0 Å². The van der Waals surface area contributed by atoms with Crippen molar-refractivity contribution in [3.63, 3.8) is 0 Å². The van der Waals surface area contributed by atoms with Crippen molar-refractivity contribution in [2.24, 2.45) is 5.92 Å². The lowest BCUT2D eigenvalue weighted by molar-refractivity contribution is -0.130. The van der Waals surface area contributed by atoms with Gasteiger partial charge in [-0.05, 0) is 18.9 Å². The first kappa shape index (κ1) is 11.7. The van der Waals surface area contributed by atoms with Crippen molar-refractivity contribution in [3.8, 4) is 0 Å². The van der Waals surface area contributed by atoms with Crippen LogP contribution in [0.1, 0.15) is 38.4 Å². The second-order valence-electron chi connectivity index (χ2n) is 5.27. The monoisotopic (exact) mass is 245 g/mol. The van der Waals surface area contributed by atoms with Crippen molar-refractivity contribution in [2.45, 2.75) is 45.1 Å². The van der Waals surface area contributed by atoms with Crippen LogP contribution in [0.5, 0.6) is 0 Å². The highest BCUT2D eigenvalue weighted by Crippen LogP contribution is 2.43. The van der Waals surface area contributed by atoms with Crippen LogP contribution >= 0.6 is 0 Å². The minimum atomic E-state index is -0.0114. The van der Waals surface area contributed by atoms with E-state index >= 15 is 0 Å². The van der Waals surface area contributed by atoms with Crippen molar-refractivity contribution in [2.75, 3.05) is 0 Å². The van der Waals surface area contributed by atoms with Crippen molar-refractivity contribution in [3.05, 3.63) is 35.9 Å². The smallest absolute Gasteiger partial charge is 0.225 e. The van der Waals surface area contributed by atoms with E-state index in [1.807, 2.05) is 23.1 Å². The molecule has 0 N–H and O–H groups in total. The minimum absolute atomic E-state index is 0.0114. The Morgan fingerprint density at radius 3 is 2.72 bits per heavy atom. The van der Waals surface area contributed by atoms with Gasteiger partial charge in [0.15, 0.2) is 0 Å². The third-order valence-corrected chi connectivity index (χ3v) is 4.22. The number of carbonyl (C=O) groups is 1. The standard InChI is InChI=1S/C15H19NO2/c1-3-11-9-13(17)16-10(2)14(18-15(11)16)12-7-5-4-6-8-12/h4-8,10-11,14-15H,3,9H2,1-2H3/t10-,11+,14-,15-/m0/s1. The van der Waals surface area contributed by atoms with Crippen LogP contribution in [0, 0.1) is 5.92 Å². The Morgan fingerprint density at radius 2 is 2.06 bits per heavy atom. The van der Waals surface area contributed by atoms with Gasteiger partial charge in [-0.1, -0.05) is 37.3 Å². The van der Waals surface area contributed by atoms with E-state index in [2.05, 4.69) is 26.0 Å². The molecule has 1 aromatic carbocycles. The molecule has 4 atom stereocenters. The van der Waals surface area contributed by atoms with Gasteiger partial charge in [0.1, 0.15) is 12.3 Å². The molecule has 0 unspecified atom stereocenters. The first-order chi connectivity index (χ1) is 8.72. The fraction of sp³-hybridized carbons (Fsp3) is 0.533. The first-order valence-electron chi connectivity index (χ1n) is 6.74. The number of ether oxygens (including phenoxy) is 1. The van der Waals surface area contributed by atoms with Gasteiger partial charge in [0.2, 0.25) is 5.91 Å². The summed E-state index contributed by atoms with van der Waals surface area (Å²) < 4.78 is 6.16. The third kappa shape index (κ3) is 1.65. The molecule has 1 aromatic rings. The molecule has 3 nitrogen and oxygen atoms in total. The predicted octanol–water partition coefficient (Wildman–Crippen LogP) is 2.73. The molecule has 0 aliphatic carbocycles. The summed E-state index contributed by atoms with van der Waals surface area (Å²) in [6.07, 6.45) is 1.66. The maximum absolute atomic E-state index is 12.1. The highest BCUT2D eigenvalue weighted by atomic mass is 16.5. The Morgan fingerprint density at radius 1 is 1.33 bits per heavy atom. The number of amides is 1. The Balaban J connectivity index is 1.88. The zero-order chi connectivity index (χ0) is 12.7. The van der Waals surface area contributed by atoms with Gasteiger partial charge in [-0.15, -0.1) is 0 Å². The van der Waals surface area contributed by atoms with E-state index < -0.39 is 0 Å². The van der Waals surface area contributed by atoms with Crippen LogP contribution in [0.25, 0.3) is 0 Å². The van der Waals surface area contributed by atoms with Gasteiger partial charge in [0, 0.05) is 12.3 Å². The Bertz CT molecular complexity index is 445. The lowest BCUT2D eigenvalue weighted by Crippen LogP contribution is -2.35. The zero-order valence-electron chi connectivity index (χ0n) is 10.9. The van der Waals surface area contributed by atoms with Gasteiger partial charge >= 0.3 is 0 Å². The van der Waals surface area contributed by atoms with E-state index in [0.29, 0.717) is 12.3 Å². The summed E-state index contributed by atoms with van der Waals surface area (Å²) in [5.74, 6) is 0.603. The molecule has 0 aromatic heterocycles. The predicted molar refractivity (Wildman–Crippen MR) is 68.8 cm³/mol. The molecule has 2 aliphatic rings. The van der Waals surface area contributed by atoms with Crippen LogP contribution < -0.4 is 0 Å². The van der Waals surface area contributed by atoms with Crippen LogP contribution in [-0.4, -0.2) is 23.1 Å². The zero-order valence-corrected chi connectivity index (χ0v) is 10.9. The molecule has 3 rings (SSSR count). The SMILES string of the molecule is CC[C@@H]1CC(=O)N2[C@@H](C)[C@@H](c3ccccc3)O[C@@H]12. The van der Waals surface area contributed by atoms with E-state index in [-0.39, 0.29) is 24.3 Å². The molecule has 2 aliphatic heterocycles. The fourth-order valence-electron chi connectivity index (χ4n) is 3.19. The van der Waals surface area contributed by atoms with Gasteiger partial charge in [-0.25, -0.2) is 0 Å². The average molecular weight is 245 g/mol. The quantitative estimate of drug-likeness (QED) is 0.801. The summed E-state index contributed by atoms with van der Waals surface area (Å²) in [7, 11) is 0. The van der Waals surface area contributed by atoms with Crippen molar-refractivity contribution in [1.82, 2.24) is 4.90 Å². The number of fused-ring (bicyclic) bond motifs is 1. The fourth-order valence-corrected chi connectivity index (χ4v) is 3.19. The molecule has 18 heavy (non-hydrogen) atoms. The summed E-state index contributed by atoms with van der Waals surface area (Å²) >= 11 is 0. The summed E-state index contributed by atoms with van der Waals surface area (Å²) in [5, 5.41) is 0. The van der Waals surface area contributed by atoms with Crippen LogP contribution in [0.4, 0.5) is 0 Å². The Labute approximate surface area is 108 Å². The lowest BCUT2D eigenvalue weighted by Gasteiger charge is -2.21. The molecule has 96 valence electrons. The molecule has 0 saturated carbocycles. The third-order valence-electron chi connectivity index (χ3n) is 4.22. The molecule has 0 spiro atoms. The average Bonchev–Trinajstić information content (AvgIpc) is 2.90. The first-order valence-corrected chi connectivity index (χ1v) is 6.74. The van der Waals surface area contributed by atoms with Crippen molar-refractivity contribution < 1.29 is 9.53 Å². The number of rotatable bonds is 2. The summed E-state index contributed by atoms with van der Waals surface area (Å²) in [6.45, 7) is 4.22. The number of hydrogen-bond acceptors (Lipinski definition) is 2. The number of benzene rings is 1. The van der Waals surface area contributed by atoms with Crippen molar-refractivity contribution in [1.29, 1.82) is 0 Å². The van der Waals surface area contributed by atoms with E-state index in [9.17, 15) is 4.79 Å². The summed E-state index contributed by atoms with van der Waals surface area (Å²) in [6, 6.07) is 10.3. The lowest BCUT2D eigenvalue weighted by atomic mass is 10.0. The minimum Gasteiger partial charge on any atom is -0.348 e. The molecule has 2 fully saturated rings. The number of hydrogen-bond donors (Lipinski definition) is 0. The van der Waals surface area contributed by atoms with Gasteiger partial charge in [-0.3, -0.25) is 4.79 Å². The topological polar surface area (TPSA) is 29.5 Å². The van der Waals surface area contributed by atoms with Gasteiger partial charge in [0.25, 0.3) is 0 Å². The highest BCUT2D eigenvalue weighted by molar-refractivity contribution is 5.79. The molecule has 2 heterocycles. The molecule has 2 saturated heterocycles. The molecule has 1 amide bonds. The molecular formula is C15H19NO2. The van der Waals surface area contributed by atoms with Gasteiger partial charge in [-0.2, -0.15) is 0 Å². The second-order valence-corrected chi connectivity index (χ2v) is 5.27.